The average Bonchev–Trinajstić information content (AvgIpc) is 2.80. The number of benzene rings is 1. The molecule has 0 saturated heterocycles. The lowest BCUT2D eigenvalue weighted by atomic mass is 10.2. The Bertz CT molecular complexity index is 538. The van der Waals surface area contributed by atoms with Gasteiger partial charge in [-0.15, -0.1) is 0 Å². The van der Waals surface area contributed by atoms with Gasteiger partial charge in [-0.25, -0.2) is 4.39 Å². The van der Waals surface area contributed by atoms with Gasteiger partial charge in [-0.1, -0.05) is 0 Å². The predicted molar refractivity (Wildman–Crippen MR) is 64.9 cm³/mol. The maximum Gasteiger partial charge on any atom is 0.266 e. The normalized spacial score (nSPS) is 10.6. The van der Waals surface area contributed by atoms with Crippen molar-refractivity contribution in [2.45, 2.75) is 13.8 Å². The molecule has 0 amide bonds. The summed E-state index contributed by atoms with van der Waals surface area (Å²) in [7, 11) is 0. The van der Waals surface area contributed by atoms with Gasteiger partial charge in [0.05, 0.1) is 5.56 Å². The number of halogens is 1. The highest BCUT2D eigenvalue weighted by molar-refractivity contribution is 5.62. The van der Waals surface area contributed by atoms with Gasteiger partial charge in [-0.2, -0.15) is 4.98 Å². The summed E-state index contributed by atoms with van der Waals surface area (Å²) in [6.07, 6.45) is 0. The molecule has 2 aromatic rings. The maximum atomic E-state index is 12.9. The summed E-state index contributed by atoms with van der Waals surface area (Å²) in [4.78, 5) is 6.09. The van der Waals surface area contributed by atoms with E-state index >= 15 is 0 Å². The Hall–Kier alpha value is -2.11. The van der Waals surface area contributed by atoms with Crippen molar-refractivity contribution >= 4 is 5.95 Å². The lowest BCUT2D eigenvalue weighted by Crippen LogP contribution is -2.22. The van der Waals surface area contributed by atoms with Crippen LogP contribution in [0.15, 0.2) is 22.7 Å². The molecule has 0 spiro atoms. The van der Waals surface area contributed by atoms with Gasteiger partial charge in [0.1, 0.15) is 11.6 Å². The van der Waals surface area contributed by atoms with Crippen LogP contribution in [0.25, 0.3) is 11.5 Å². The van der Waals surface area contributed by atoms with Gasteiger partial charge >= 0.3 is 0 Å². The second-order valence-corrected chi connectivity index (χ2v) is 3.73. The molecule has 6 heteroatoms. The summed E-state index contributed by atoms with van der Waals surface area (Å²) in [6.45, 7) is 5.47. The van der Waals surface area contributed by atoms with E-state index in [1.165, 1.54) is 12.1 Å². The Labute approximate surface area is 104 Å². The van der Waals surface area contributed by atoms with Gasteiger partial charge in [0.25, 0.3) is 11.8 Å². The molecule has 1 aromatic carbocycles. The number of hydrogen-bond acceptors (Lipinski definition) is 5. The standard InChI is InChI=1S/C12H14FN3O2/c1-3-16(4-2)12-14-11(18-15-12)9-6-5-8(13)7-10(9)17/h5-7,17H,3-4H2,1-2H3. The van der Waals surface area contributed by atoms with Gasteiger partial charge in [0, 0.05) is 19.2 Å². The molecular weight excluding hydrogens is 237 g/mol. The topological polar surface area (TPSA) is 62.4 Å². The Morgan fingerprint density at radius 1 is 1.33 bits per heavy atom. The van der Waals surface area contributed by atoms with Crippen molar-refractivity contribution in [2.24, 2.45) is 0 Å². The first-order valence-electron chi connectivity index (χ1n) is 5.73. The van der Waals surface area contributed by atoms with Crippen LogP contribution in [-0.4, -0.2) is 28.3 Å². The summed E-state index contributed by atoms with van der Waals surface area (Å²) >= 11 is 0. The summed E-state index contributed by atoms with van der Waals surface area (Å²) in [5.41, 5.74) is 0.322. The largest absolute Gasteiger partial charge is 0.507 e. The monoisotopic (exact) mass is 251 g/mol. The number of aromatic hydroxyl groups is 1. The zero-order chi connectivity index (χ0) is 13.1. The van der Waals surface area contributed by atoms with Crippen molar-refractivity contribution in [2.75, 3.05) is 18.0 Å². The highest BCUT2D eigenvalue weighted by Gasteiger charge is 2.15. The number of phenols is 1. The van der Waals surface area contributed by atoms with Crippen LogP contribution in [0.3, 0.4) is 0 Å². The molecule has 0 atom stereocenters. The van der Waals surface area contributed by atoms with Crippen molar-refractivity contribution in [1.29, 1.82) is 0 Å². The molecular formula is C12H14FN3O2. The van der Waals surface area contributed by atoms with Gasteiger partial charge in [0.2, 0.25) is 0 Å². The van der Waals surface area contributed by atoms with E-state index in [1.807, 2.05) is 18.7 Å². The molecule has 0 fully saturated rings. The van der Waals surface area contributed by atoms with Gasteiger partial charge < -0.3 is 14.5 Å². The first-order chi connectivity index (χ1) is 8.65. The molecule has 1 heterocycles. The SMILES string of the molecule is CCN(CC)c1noc(-c2ccc(F)cc2O)n1. The smallest absolute Gasteiger partial charge is 0.266 e. The van der Waals surface area contributed by atoms with Crippen LogP contribution in [0.4, 0.5) is 10.3 Å². The predicted octanol–water partition coefficient (Wildman–Crippen LogP) is 2.43. The second kappa shape index (κ2) is 5.03. The second-order valence-electron chi connectivity index (χ2n) is 3.73. The van der Waals surface area contributed by atoms with Crippen molar-refractivity contribution in [1.82, 2.24) is 10.1 Å². The highest BCUT2D eigenvalue weighted by atomic mass is 19.1. The van der Waals surface area contributed by atoms with E-state index in [2.05, 4.69) is 10.1 Å². The van der Waals surface area contributed by atoms with E-state index in [0.29, 0.717) is 11.5 Å². The fourth-order valence-corrected chi connectivity index (χ4v) is 1.65. The van der Waals surface area contributed by atoms with Crippen LogP contribution in [0.5, 0.6) is 5.75 Å². The summed E-state index contributed by atoms with van der Waals surface area (Å²) in [6, 6.07) is 3.65. The fourth-order valence-electron chi connectivity index (χ4n) is 1.65. The molecule has 96 valence electrons. The van der Waals surface area contributed by atoms with Crippen LogP contribution in [0.2, 0.25) is 0 Å². The lowest BCUT2D eigenvalue weighted by Gasteiger charge is -2.14. The molecule has 1 aromatic heterocycles. The van der Waals surface area contributed by atoms with Crippen molar-refractivity contribution < 1.29 is 14.0 Å². The Kier molecular flexibility index (Phi) is 3.45. The van der Waals surface area contributed by atoms with Crippen LogP contribution in [-0.2, 0) is 0 Å². The Morgan fingerprint density at radius 2 is 2.06 bits per heavy atom. The molecule has 0 unspecified atom stereocenters. The van der Waals surface area contributed by atoms with Gasteiger partial charge in [0.15, 0.2) is 0 Å². The minimum Gasteiger partial charge on any atom is -0.507 e. The average molecular weight is 251 g/mol. The molecule has 0 aliphatic carbocycles. The van der Waals surface area contributed by atoms with E-state index < -0.39 is 5.82 Å². The Morgan fingerprint density at radius 3 is 2.67 bits per heavy atom. The number of hydrogen-bond donors (Lipinski definition) is 1. The third-order valence-electron chi connectivity index (χ3n) is 2.65. The highest BCUT2D eigenvalue weighted by Crippen LogP contribution is 2.29. The van der Waals surface area contributed by atoms with Crippen molar-refractivity contribution in [3.05, 3.63) is 24.0 Å². The van der Waals surface area contributed by atoms with Gasteiger partial charge in [-0.05, 0) is 31.1 Å². The summed E-state index contributed by atoms with van der Waals surface area (Å²) < 4.78 is 17.9. The van der Waals surface area contributed by atoms with Crippen LogP contribution in [0.1, 0.15) is 13.8 Å². The Balaban J connectivity index is 2.34. The molecule has 2 rings (SSSR count). The van der Waals surface area contributed by atoms with E-state index in [1.54, 1.807) is 0 Å². The van der Waals surface area contributed by atoms with E-state index in [9.17, 15) is 9.50 Å². The third-order valence-corrected chi connectivity index (χ3v) is 2.65. The minimum absolute atomic E-state index is 0.175. The summed E-state index contributed by atoms with van der Waals surface area (Å²) in [5, 5.41) is 13.5. The van der Waals surface area contributed by atoms with Crippen LogP contribution < -0.4 is 4.90 Å². The van der Waals surface area contributed by atoms with E-state index in [4.69, 9.17) is 4.52 Å². The van der Waals surface area contributed by atoms with Crippen LogP contribution >= 0.6 is 0 Å². The minimum atomic E-state index is -0.514. The molecule has 0 radical (unpaired) electrons. The molecule has 0 saturated carbocycles. The first-order valence-corrected chi connectivity index (χ1v) is 5.73. The first kappa shape index (κ1) is 12.3. The number of aromatic nitrogens is 2. The van der Waals surface area contributed by atoms with Crippen molar-refractivity contribution in [3.63, 3.8) is 0 Å². The quantitative estimate of drug-likeness (QED) is 0.904. The fraction of sp³-hybridized carbons (Fsp3) is 0.333. The molecule has 5 nitrogen and oxygen atoms in total. The lowest BCUT2D eigenvalue weighted by molar-refractivity contribution is 0.422. The molecule has 0 bridgehead atoms. The number of anilines is 1. The summed E-state index contributed by atoms with van der Waals surface area (Å²) in [5.74, 6) is -0.0994. The number of nitrogens with zero attached hydrogens (tertiary/aromatic N) is 3. The molecule has 0 aliphatic heterocycles. The molecule has 1 N–H and O–H groups in total. The zero-order valence-corrected chi connectivity index (χ0v) is 10.2. The number of rotatable bonds is 4. The molecule has 18 heavy (non-hydrogen) atoms. The number of phenolic OH excluding ortho intramolecular Hbond substituents is 1. The van der Waals surface area contributed by atoms with Crippen molar-refractivity contribution in [3.8, 4) is 17.2 Å². The van der Waals surface area contributed by atoms with Crippen LogP contribution in [0, 0.1) is 5.82 Å². The third kappa shape index (κ3) is 2.27. The van der Waals surface area contributed by atoms with E-state index in [-0.39, 0.29) is 11.6 Å². The molecule has 0 aliphatic rings. The maximum absolute atomic E-state index is 12.9. The van der Waals surface area contributed by atoms with Gasteiger partial charge in [-0.3, -0.25) is 0 Å². The zero-order valence-electron chi connectivity index (χ0n) is 10.2. The van der Waals surface area contributed by atoms with E-state index in [0.717, 1.165) is 19.2 Å².